The zero-order valence-corrected chi connectivity index (χ0v) is 14.4. The van der Waals surface area contributed by atoms with Gasteiger partial charge in [0.05, 0.1) is 12.3 Å². The number of nitrogens with zero attached hydrogens (tertiary/aromatic N) is 5. The number of nitrogens with one attached hydrogen (secondary N) is 1. The first-order valence-corrected chi connectivity index (χ1v) is 8.56. The number of aryl methyl sites for hydroxylation is 1. The van der Waals surface area contributed by atoms with Gasteiger partial charge in [0.2, 0.25) is 5.89 Å². The van der Waals surface area contributed by atoms with E-state index in [1.165, 1.54) is 12.8 Å². The molecule has 0 spiro atoms. The maximum absolute atomic E-state index is 12.8. The largest absolute Gasteiger partial charge is 0.380 e. The number of hydrogen-bond acceptors (Lipinski definition) is 6. The lowest BCUT2D eigenvalue weighted by Gasteiger charge is -2.22. The third-order valence-electron chi connectivity index (χ3n) is 4.76. The van der Waals surface area contributed by atoms with E-state index < -0.39 is 0 Å². The highest BCUT2D eigenvalue weighted by molar-refractivity contribution is 5.88. The van der Waals surface area contributed by atoms with E-state index in [1.807, 2.05) is 10.7 Å². The van der Waals surface area contributed by atoms with Crippen LogP contribution in [0.4, 0.5) is 10.6 Å². The third-order valence-corrected chi connectivity index (χ3v) is 4.76. The van der Waals surface area contributed by atoms with Crippen molar-refractivity contribution in [1.29, 1.82) is 0 Å². The zero-order valence-electron chi connectivity index (χ0n) is 14.4. The van der Waals surface area contributed by atoms with Crippen LogP contribution in [0.25, 0.3) is 0 Å². The van der Waals surface area contributed by atoms with E-state index in [9.17, 15) is 4.79 Å². The quantitative estimate of drug-likeness (QED) is 0.889. The van der Waals surface area contributed by atoms with E-state index in [0.717, 1.165) is 6.54 Å². The van der Waals surface area contributed by atoms with Crippen molar-refractivity contribution in [2.45, 2.75) is 44.9 Å². The van der Waals surface area contributed by atoms with Crippen LogP contribution in [0.1, 0.15) is 37.0 Å². The molecule has 2 aromatic rings. The summed E-state index contributed by atoms with van der Waals surface area (Å²) in [5.74, 6) is 2.38. The molecule has 0 radical (unpaired) electrons. The number of anilines is 1. The lowest BCUT2D eigenvalue weighted by molar-refractivity contribution is 0.111. The molecule has 1 aliphatic carbocycles. The van der Waals surface area contributed by atoms with E-state index in [1.54, 1.807) is 25.1 Å². The van der Waals surface area contributed by atoms with Crippen molar-refractivity contribution in [1.82, 2.24) is 24.8 Å². The smallest absolute Gasteiger partial charge is 0.323 e. The molecular formula is C16H22N6O3. The van der Waals surface area contributed by atoms with Gasteiger partial charge >= 0.3 is 6.03 Å². The summed E-state index contributed by atoms with van der Waals surface area (Å²) in [7, 11) is 1.65. The Hall–Kier alpha value is -2.42. The van der Waals surface area contributed by atoms with Gasteiger partial charge in [0.25, 0.3) is 0 Å². The predicted octanol–water partition coefficient (Wildman–Crippen LogP) is 1.98. The second-order valence-corrected chi connectivity index (χ2v) is 6.71. The van der Waals surface area contributed by atoms with E-state index in [4.69, 9.17) is 9.26 Å². The standard InChI is InChI=1S/C16H22N6O3/c1-10-18-15(25-20-10)13-7-12(24-2)9-21(13)16(23)19-14-5-6-17-22(14)8-11-3-4-11/h5-6,11-13H,3-4,7-9H2,1-2H3,(H,19,23)/t12-,13+/m0/s1. The topological polar surface area (TPSA) is 98.3 Å². The fourth-order valence-corrected chi connectivity index (χ4v) is 3.19. The van der Waals surface area contributed by atoms with Gasteiger partial charge in [-0.3, -0.25) is 5.32 Å². The van der Waals surface area contributed by atoms with Crippen LogP contribution in [0.3, 0.4) is 0 Å². The van der Waals surface area contributed by atoms with E-state index >= 15 is 0 Å². The average Bonchev–Trinajstić information content (AvgIpc) is 2.99. The van der Waals surface area contributed by atoms with Crippen LogP contribution in [0.5, 0.6) is 0 Å². The molecule has 2 fully saturated rings. The number of carbonyl (C=O) groups excluding carboxylic acids is 1. The SMILES string of the molecule is CO[C@H]1C[C@H](c2nc(C)no2)N(C(=O)Nc2ccnn2CC2CC2)C1. The molecule has 1 N–H and O–H groups in total. The number of aromatic nitrogens is 4. The minimum atomic E-state index is -0.286. The molecule has 9 heteroatoms. The van der Waals surface area contributed by atoms with Gasteiger partial charge in [-0.05, 0) is 25.7 Å². The molecule has 2 amide bonds. The summed E-state index contributed by atoms with van der Waals surface area (Å²) in [6, 6.07) is 1.32. The first-order valence-electron chi connectivity index (χ1n) is 8.56. The fraction of sp³-hybridized carbons (Fsp3) is 0.625. The van der Waals surface area contributed by atoms with Crippen molar-refractivity contribution < 1.29 is 14.1 Å². The molecule has 1 saturated carbocycles. The molecule has 2 atom stereocenters. The third kappa shape index (κ3) is 3.37. The molecule has 2 aliphatic rings. The molecule has 1 aliphatic heterocycles. The van der Waals surface area contributed by atoms with E-state index in [0.29, 0.717) is 36.4 Å². The molecule has 0 aromatic carbocycles. The van der Waals surface area contributed by atoms with Crippen LogP contribution < -0.4 is 5.32 Å². The van der Waals surface area contributed by atoms with Crippen molar-refractivity contribution in [3.63, 3.8) is 0 Å². The predicted molar refractivity (Wildman–Crippen MR) is 87.9 cm³/mol. The minimum Gasteiger partial charge on any atom is -0.380 e. The molecule has 3 heterocycles. The zero-order chi connectivity index (χ0) is 17.4. The molecule has 0 unspecified atom stereocenters. The Bertz CT molecular complexity index is 753. The molecule has 1 saturated heterocycles. The number of carbonyl (C=O) groups is 1. The Morgan fingerprint density at radius 3 is 3.00 bits per heavy atom. The van der Waals surface area contributed by atoms with Gasteiger partial charge in [-0.15, -0.1) is 0 Å². The van der Waals surface area contributed by atoms with E-state index in [-0.39, 0.29) is 18.2 Å². The van der Waals surface area contributed by atoms with Crippen molar-refractivity contribution in [2.24, 2.45) is 5.92 Å². The Labute approximate surface area is 145 Å². The van der Waals surface area contributed by atoms with Crippen molar-refractivity contribution in [3.8, 4) is 0 Å². The second-order valence-electron chi connectivity index (χ2n) is 6.71. The van der Waals surface area contributed by atoms with Crippen LogP contribution in [-0.4, -0.2) is 50.6 Å². The lowest BCUT2D eigenvalue weighted by atomic mass is 10.2. The molecule has 4 rings (SSSR count). The monoisotopic (exact) mass is 346 g/mol. The van der Waals surface area contributed by atoms with Crippen LogP contribution in [0.15, 0.2) is 16.8 Å². The Morgan fingerprint density at radius 2 is 2.32 bits per heavy atom. The highest BCUT2D eigenvalue weighted by Gasteiger charge is 2.40. The van der Waals surface area contributed by atoms with Gasteiger partial charge in [-0.25, -0.2) is 9.48 Å². The van der Waals surface area contributed by atoms with Crippen molar-refractivity contribution in [3.05, 3.63) is 24.0 Å². The summed E-state index contributed by atoms with van der Waals surface area (Å²) in [6.07, 6.45) is 4.74. The van der Waals surface area contributed by atoms with Crippen molar-refractivity contribution >= 4 is 11.8 Å². The molecule has 0 bridgehead atoms. The van der Waals surface area contributed by atoms with Gasteiger partial charge in [-0.1, -0.05) is 5.16 Å². The maximum Gasteiger partial charge on any atom is 0.323 e. The molecular weight excluding hydrogens is 324 g/mol. The number of methoxy groups -OCH3 is 1. The maximum atomic E-state index is 12.8. The average molecular weight is 346 g/mol. The number of hydrogen-bond donors (Lipinski definition) is 1. The molecule has 9 nitrogen and oxygen atoms in total. The van der Waals surface area contributed by atoms with Gasteiger partial charge in [0, 0.05) is 32.7 Å². The summed E-state index contributed by atoms with van der Waals surface area (Å²) in [4.78, 5) is 18.8. The number of urea groups is 1. The highest BCUT2D eigenvalue weighted by atomic mass is 16.5. The van der Waals surface area contributed by atoms with Crippen LogP contribution in [-0.2, 0) is 11.3 Å². The highest BCUT2D eigenvalue weighted by Crippen LogP contribution is 2.34. The fourth-order valence-electron chi connectivity index (χ4n) is 3.19. The minimum absolute atomic E-state index is 0.0562. The Morgan fingerprint density at radius 1 is 1.48 bits per heavy atom. The lowest BCUT2D eigenvalue weighted by Crippen LogP contribution is -2.36. The number of ether oxygens (including phenoxy) is 1. The van der Waals surface area contributed by atoms with Gasteiger partial charge in [-0.2, -0.15) is 10.1 Å². The van der Waals surface area contributed by atoms with Crippen LogP contribution in [0, 0.1) is 12.8 Å². The summed E-state index contributed by atoms with van der Waals surface area (Å²) < 4.78 is 12.6. The summed E-state index contributed by atoms with van der Waals surface area (Å²) in [5, 5.41) is 11.1. The first kappa shape index (κ1) is 16.1. The summed E-state index contributed by atoms with van der Waals surface area (Å²) in [6.45, 7) is 3.08. The molecule has 2 aromatic heterocycles. The van der Waals surface area contributed by atoms with Crippen molar-refractivity contribution in [2.75, 3.05) is 19.0 Å². The number of amides is 2. The first-order chi connectivity index (χ1) is 12.1. The summed E-state index contributed by atoms with van der Waals surface area (Å²) in [5.41, 5.74) is 0. The van der Waals surface area contributed by atoms with Crippen LogP contribution >= 0.6 is 0 Å². The Balaban J connectivity index is 1.50. The normalized spacial score (nSPS) is 23.2. The van der Waals surface area contributed by atoms with Gasteiger partial charge in [0.1, 0.15) is 11.9 Å². The number of rotatable bonds is 5. The molecule has 134 valence electrons. The van der Waals surface area contributed by atoms with Gasteiger partial charge < -0.3 is 14.2 Å². The van der Waals surface area contributed by atoms with Crippen LogP contribution in [0.2, 0.25) is 0 Å². The molecule has 25 heavy (non-hydrogen) atoms. The Kier molecular flexibility index (Phi) is 4.16. The van der Waals surface area contributed by atoms with E-state index in [2.05, 4.69) is 20.6 Å². The second kappa shape index (κ2) is 6.47. The van der Waals surface area contributed by atoms with Gasteiger partial charge in [0.15, 0.2) is 5.82 Å². The number of likely N-dealkylation sites (tertiary alicyclic amines) is 1. The summed E-state index contributed by atoms with van der Waals surface area (Å²) >= 11 is 0.